The molecule has 5 aromatic carbocycles. The third-order valence-electron chi connectivity index (χ3n) is 7.51. The number of aliphatic imine (C=N–C) groups is 1. The number of aromatic nitrogens is 1. The van der Waals surface area contributed by atoms with Crippen LogP contribution in [0.2, 0.25) is 0 Å². The van der Waals surface area contributed by atoms with Crippen molar-refractivity contribution >= 4 is 23.0 Å². The van der Waals surface area contributed by atoms with Gasteiger partial charge in [-0.2, -0.15) is 0 Å². The van der Waals surface area contributed by atoms with Crippen molar-refractivity contribution in [1.29, 1.82) is 0 Å². The van der Waals surface area contributed by atoms with Gasteiger partial charge in [0.2, 0.25) is 5.89 Å². The SMILES string of the molecule is Cc1cc(C)cc(-c2cc(-c3ccccc3)c3nc(-c4ccccc4N=Cc4cc(C(C)(C)C)ccc4O)oc3c2)c1. The van der Waals surface area contributed by atoms with E-state index in [0.717, 1.165) is 44.5 Å². The topological polar surface area (TPSA) is 58.6 Å². The van der Waals surface area contributed by atoms with Crippen LogP contribution in [0.5, 0.6) is 5.75 Å². The minimum Gasteiger partial charge on any atom is -0.507 e. The van der Waals surface area contributed by atoms with Gasteiger partial charge < -0.3 is 9.52 Å². The summed E-state index contributed by atoms with van der Waals surface area (Å²) in [6, 6.07) is 34.6. The number of hydrogen-bond acceptors (Lipinski definition) is 4. The first-order valence-corrected chi connectivity index (χ1v) is 14.2. The molecule has 0 saturated heterocycles. The van der Waals surface area contributed by atoms with E-state index < -0.39 is 0 Å². The molecule has 0 spiro atoms. The highest BCUT2D eigenvalue weighted by Gasteiger charge is 2.18. The average Bonchev–Trinajstić information content (AvgIpc) is 3.40. The van der Waals surface area contributed by atoms with Crippen LogP contribution in [-0.2, 0) is 5.41 Å². The van der Waals surface area contributed by atoms with Gasteiger partial charge in [-0.3, -0.25) is 4.99 Å². The monoisotopic (exact) mass is 550 g/mol. The van der Waals surface area contributed by atoms with Crippen LogP contribution in [0, 0.1) is 13.8 Å². The van der Waals surface area contributed by atoms with Gasteiger partial charge in [-0.25, -0.2) is 4.98 Å². The van der Waals surface area contributed by atoms with E-state index in [0.29, 0.717) is 17.1 Å². The Labute approximate surface area is 247 Å². The molecule has 0 unspecified atom stereocenters. The largest absolute Gasteiger partial charge is 0.507 e. The van der Waals surface area contributed by atoms with Crippen LogP contribution < -0.4 is 0 Å². The van der Waals surface area contributed by atoms with Crippen LogP contribution in [0.15, 0.2) is 113 Å². The van der Waals surface area contributed by atoms with Gasteiger partial charge in [0.1, 0.15) is 11.3 Å². The summed E-state index contributed by atoms with van der Waals surface area (Å²) in [6.45, 7) is 10.7. The fourth-order valence-corrected chi connectivity index (χ4v) is 5.32. The number of phenolic OH excluding ortho intramolecular Hbond substituents is 1. The maximum absolute atomic E-state index is 10.5. The molecular formula is C38H34N2O2. The summed E-state index contributed by atoms with van der Waals surface area (Å²) in [6.07, 6.45) is 1.71. The molecule has 4 heteroatoms. The van der Waals surface area contributed by atoms with Crippen molar-refractivity contribution < 1.29 is 9.52 Å². The van der Waals surface area contributed by atoms with E-state index in [1.165, 1.54) is 11.1 Å². The molecule has 6 aromatic rings. The molecule has 208 valence electrons. The van der Waals surface area contributed by atoms with Crippen LogP contribution in [-0.4, -0.2) is 16.3 Å². The first-order chi connectivity index (χ1) is 20.2. The summed E-state index contributed by atoms with van der Waals surface area (Å²) in [5.74, 6) is 0.692. The van der Waals surface area contributed by atoms with Crippen molar-refractivity contribution in [2.75, 3.05) is 0 Å². The number of oxazole rings is 1. The molecule has 6 rings (SSSR count). The van der Waals surface area contributed by atoms with Crippen molar-refractivity contribution in [2.45, 2.75) is 40.0 Å². The van der Waals surface area contributed by atoms with E-state index >= 15 is 0 Å². The Hall–Kier alpha value is -4.96. The Morgan fingerprint density at radius 1 is 0.714 bits per heavy atom. The summed E-state index contributed by atoms with van der Waals surface area (Å²) in [5.41, 5.74) is 11.5. The standard InChI is InChI=1S/C38H34N2O2/c1-24-17-25(2)19-27(18-24)28-21-32(26-11-7-6-8-12-26)36-35(22-28)42-37(40-36)31-13-9-10-14-33(31)39-23-29-20-30(38(3,4)5)15-16-34(29)41/h6-23,41H,1-5H3. The lowest BCUT2D eigenvalue weighted by Crippen LogP contribution is -2.11. The van der Waals surface area contributed by atoms with Crippen LogP contribution in [0.4, 0.5) is 5.69 Å². The molecule has 0 radical (unpaired) electrons. The summed E-state index contributed by atoms with van der Waals surface area (Å²) in [7, 11) is 0. The molecular weight excluding hydrogens is 516 g/mol. The fourth-order valence-electron chi connectivity index (χ4n) is 5.32. The third-order valence-corrected chi connectivity index (χ3v) is 7.51. The summed E-state index contributed by atoms with van der Waals surface area (Å²) >= 11 is 0. The lowest BCUT2D eigenvalue weighted by atomic mass is 9.86. The van der Waals surface area contributed by atoms with Crippen molar-refractivity contribution in [3.05, 3.63) is 125 Å². The van der Waals surface area contributed by atoms with Crippen LogP contribution in [0.3, 0.4) is 0 Å². The fraction of sp³-hybridized carbons (Fsp3) is 0.158. The van der Waals surface area contributed by atoms with Gasteiger partial charge in [0.25, 0.3) is 0 Å². The number of nitrogens with zero attached hydrogens (tertiary/aromatic N) is 2. The number of aromatic hydroxyl groups is 1. The number of benzene rings is 5. The van der Waals surface area contributed by atoms with Crippen molar-refractivity contribution in [1.82, 2.24) is 4.98 Å². The van der Waals surface area contributed by atoms with Crippen molar-refractivity contribution in [3.63, 3.8) is 0 Å². The zero-order valence-corrected chi connectivity index (χ0v) is 24.6. The first kappa shape index (κ1) is 27.2. The number of fused-ring (bicyclic) bond motifs is 1. The van der Waals surface area contributed by atoms with Gasteiger partial charge in [-0.1, -0.05) is 98.6 Å². The second-order valence-electron chi connectivity index (χ2n) is 11.9. The summed E-state index contributed by atoms with van der Waals surface area (Å²) in [5, 5.41) is 10.5. The molecule has 1 N–H and O–H groups in total. The molecule has 0 aliphatic rings. The Kier molecular flexibility index (Phi) is 6.99. The molecule has 0 atom stereocenters. The number of aryl methyl sites for hydroxylation is 2. The predicted octanol–water partition coefficient (Wildman–Crippen LogP) is 10.2. The van der Waals surface area contributed by atoms with E-state index in [-0.39, 0.29) is 11.2 Å². The number of phenols is 1. The smallest absolute Gasteiger partial charge is 0.229 e. The second kappa shape index (κ2) is 10.8. The Morgan fingerprint density at radius 2 is 1.40 bits per heavy atom. The van der Waals surface area contributed by atoms with Gasteiger partial charge in [0.05, 0.1) is 11.3 Å². The number of hydrogen-bond donors (Lipinski definition) is 1. The highest BCUT2D eigenvalue weighted by atomic mass is 16.3. The van der Waals surface area contributed by atoms with Gasteiger partial charge in [0, 0.05) is 17.3 Å². The van der Waals surface area contributed by atoms with Gasteiger partial charge in [-0.05, 0) is 77.9 Å². The Morgan fingerprint density at radius 3 is 2.14 bits per heavy atom. The molecule has 0 bridgehead atoms. The molecule has 0 amide bonds. The molecule has 0 aliphatic carbocycles. The number of rotatable bonds is 5. The van der Waals surface area contributed by atoms with E-state index in [1.807, 2.05) is 54.6 Å². The molecule has 1 aromatic heterocycles. The lowest BCUT2D eigenvalue weighted by molar-refractivity contribution is 0.473. The van der Waals surface area contributed by atoms with Gasteiger partial charge in [0.15, 0.2) is 5.58 Å². The minimum atomic E-state index is -0.0428. The minimum absolute atomic E-state index is 0.0428. The summed E-state index contributed by atoms with van der Waals surface area (Å²) in [4.78, 5) is 9.81. The Bertz CT molecular complexity index is 1920. The lowest BCUT2D eigenvalue weighted by Gasteiger charge is -2.19. The van der Waals surface area contributed by atoms with E-state index in [2.05, 4.69) is 77.1 Å². The highest BCUT2D eigenvalue weighted by molar-refractivity contribution is 5.97. The first-order valence-electron chi connectivity index (χ1n) is 14.2. The average molecular weight is 551 g/mol. The quantitative estimate of drug-likeness (QED) is 0.217. The van der Waals surface area contributed by atoms with Gasteiger partial charge >= 0.3 is 0 Å². The molecule has 1 heterocycles. The molecule has 42 heavy (non-hydrogen) atoms. The summed E-state index contributed by atoms with van der Waals surface area (Å²) < 4.78 is 6.48. The predicted molar refractivity (Wildman–Crippen MR) is 174 cm³/mol. The van der Waals surface area contributed by atoms with Crippen molar-refractivity contribution in [3.8, 4) is 39.5 Å². The normalized spacial score (nSPS) is 11.9. The number of para-hydroxylation sites is 1. The molecule has 0 fully saturated rings. The highest BCUT2D eigenvalue weighted by Crippen LogP contribution is 2.39. The van der Waals surface area contributed by atoms with E-state index in [9.17, 15) is 5.11 Å². The molecule has 0 saturated carbocycles. The van der Waals surface area contributed by atoms with Crippen LogP contribution >= 0.6 is 0 Å². The molecule has 0 aliphatic heterocycles. The maximum Gasteiger partial charge on any atom is 0.229 e. The van der Waals surface area contributed by atoms with Crippen molar-refractivity contribution in [2.24, 2.45) is 4.99 Å². The van der Waals surface area contributed by atoms with Gasteiger partial charge in [-0.15, -0.1) is 0 Å². The zero-order chi connectivity index (χ0) is 29.4. The van der Waals surface area contributed by atoms with E-state index in [4.69, 9.17) is 14.4 Å². The van der Waals surface area contributed by atoms with Crippen LogP contribution in [0.25, 0.3) is 44.8 Å². The third kappa shape index (κ3) is 5.48. The zero-order valence-electron chi connectivity index (χ0n) is 24.6. The van der Waals surface area contributed by atoms with Crippen LogP contribution in [0.1, 0.15) is 43.0 Å². The van der Waals surface area contributed by atoms with E-state index in [1.54, 1.807) is 12.3 Å². The molecule has 4 nitrogen and oxygen atoms in total. The second-order valence-corrected chi connectivity index (χ2v) is 11.9. The maximum atomic E-state index is 10.5. The Balaban J connectivity index is 1.48.